The summed E-state index contributed by atoms with van der Waals surface area (Å²) >= 11 is 0. The third kappa shape index (κ3) is 4.46. The van der Waals surface area contributed by atoms with Gasteiger partial charge < -0.3 is 9.47 Å². The maximum absolute atomic E-state index is 11.9. The van der Waals surface area contributed by atoms with Gasteiger partial charge in [0.2, 0.25) is 0 Å². The monoisotopic (exact) mass is 282 g/mol. The highest BCUT2D eigenvalue weighted by Gasteiger charge is 2.31. The van der Waals surface area contributed by atoms with Crippen LogP contribution in [0.5, 0.6) is 0 Å². The molecule has 0 saturated heterocycles. The fraction of sp³-hybridized carbons (Fsp3) is 0.429. The molecule has 6 heteroatoms. The van der Waals surface area contributed by atoms with Crippen molar-refractivity contribution in [2.24, 2.45) is 5.92 Å². The third-order valence-electron chi connectivity index (χ3n) is 2.43. The van der Waals surface area contributed by atoms with E-state index in [1.165, 1.54) is 6.92 Å². The standard InChI is InChI=1S/C14H18O6/c1-6-19-13(17)9(4)11(15)8(3)12(16)10(5)14(18)20-7-2/h8H,4-7H2,1-3H3. The highest BCUT2D eigenvalue weighted by molar-refractivity contribution is 6.29. The number of Topliss-reactive ketones (excluding diaryl/α,β-unsaturated/α-hetero) is 2. The largest absolute Gasteiger partial charge is 0.462 e. The number of carbonyl (C=O) groups is 4. The van der Waals surface area contributed by atoms with E-state index < -0.39 is 40.6 Å². The molecule has 0 bridgehead atoms. The van der Waals surface area contributed by atoms with Crippen LogP contribution in [0.4, 0.5) is 0 Å². The number of rotatable bonds is 8. The molecule has 0 heterocycles. The Bertz CT molecular complexity index is 418. The van der Waals surface area contributed by atoms with E-state index in [1.807, 2.05) is 0 Å². The minimum Gasteiger partial charge on any atom is -0.462 e. The SMILES string of the molecule is C=C(C(=O)OCC)C(=O)C(C)C(=O)C(=C)C(=O)OCC. The van der Waals surface area contributed by atoms with E-state index in [-0.39, 0.29) is 13.2 Å². The molecule has 0 rings (SSSR count). The second kappa shape index (κ2) is 8.04. The summed E-state index contributed by atoms with van der Waals surface area (Å²) in [5, 5.41) is 0. The summed E-state index contributed by atoms with van der Waals surface area (Å²) in [5.74, 6) is -4.64. The van der Waals surface area contributed by atoms with Crippen LogP contribution in [0, 0.1) is 5.92 Å². The molecule has 110 valence electrons. The minimum atomic E-state index is -1.25. The highest BCUT2D eigenvalue weighted by atomic mass is 16.5. The van der Waals surface area contributed by atoms with E-state index in [4.69, 9.17) is 0 Å². The van der Waals surface area contributed by atoms with Crippen LogP contribution in [0.25, 0.3) is 0 Å². The van der Waals surface area contributed by atoms with Crippen molar-refractivity contribution in [1.82, 2.24) is 0 Å². The van der Waals surface area contributed by atoms with Crippen LogP contribution >= 0.6 is 0 Å². The molecule has 0 aliphatic heterocycles. The molecule has 0 radical (unpaired) electrons. The quantitative estimate of drug-likeness (QED) is 0.286. The number of hydrogen-bond acceptors (Lipinski definition) is 6. The Morgan fingerprint density at radius 2 is 1.15 bits per heavy atom. The topological polar surface area (TPSA) is 86.7 Å². The summed E-state index contributed by atoms with van der Waals surface area (Å²) in [4.78, 5) is 46.4. The summed E-state index contributed by atoms with van der Waals surface area (Å²) in [6, 6.07) is 0. The summed E-state index contributed by atoms with van der Waals surface area (Å²) in [7, 11) is 0. The summed E-state index contributed by atoms with van der Waals surface area (Å²) < 4.78 is 9.23. The van der Waals surface area contributed by atoms with Crippen molar-refractivity contribution in [3.63, 3.8) is 0 Å². The van der Waals surface area contributed by atoms with Crippen LogP contribution < -0.4 is 0 Å². The number of ketones is 2. The molecule has 0 aromatic heterocycles. The normalized spacial score (nSPS) is 9.80. The number of carbonyl (C=O) groups excluding carboxylic acids is 4. The second-order valence-electron chi connectivity index (χ2n) is 3.85. The van der Waals surface area contributed by atoms with Crippen molar-refractivity contribution < 1.29 is 28.7 Å². The van der Waals surface area contributed by atoms with E-state index in [9.17, 15) is 19.2 Å². The van der Waals surface area contributed by atoms with Crippen LogP contribution in [-0.2, 0) is 28.7 Å². The van der Waals surface area contributed by atoms with Gasteiger partial charge in [-0.1, -0.05) is 13.2 Å². The van der Waals surface area contributed by atoms with Crippen molar-refractivity contribution >= 4 is 23.5 Å². The zero-order valence-electron chi connectivity index (χ0n) is 11.9. The van der Waals surface area contributed by atoms with Gasteiger partial charge in [0.1, 0.15) is 0 Å². The van der Waals surface area contributed by atoms with Crippen LogP contribution in [0.2, 0.25) is 0 Å². The predicted molar refractivity (Wildman–Crippen MR) is 70.7 cm³/mol. The van der Waals surface area contributed by atoms with Gasteiger partial charge in [-0.15, -0.1) is 0 Å². The molecule has 0 aliphatic carbocycles. The van der Waals surface area contributed by atoms with Crippen molar-refractivity contribution in [1.29, 1.82) is 0 Å². The Labute approximate surface area is 117 Å². The first-order valence-electron chi connectivity index (χ1n) is 6.08. The van der Waals surface area contributed by atoms with Crippen molar-refractivity contribution in [3.05, 3.63) is 24.3 Å². The average molecular weight is 282 g/mol. The Morgan fingerprint density at radius 3 is 1.40 bits per heavy atom. The van der Waals surface area contributed by atoms with Gasteiger partial charge in [-0.2, -0.15) is 0 Å². The van der Waals surface area contributed by atoms with Gasteiger partial charge in [0.25, 0.3) is 0 Å². The first-order valence-corrected chi connectivity index (χ1v) is 6.08. The van der Waals surface area contributed by atoms with Gasteiger partial charge >= 0.3 is 11.9 Å². The van der Waals surface area contributed by atoms with Crippen LogP contribution in [0.15, 0.2) is 24.3 Å². The molecular formula is C14H18O6. The molecule has 0 saturated carbocycles. The lowest BCUT2D eigenvalue weighted by Crippen LogP contribution is -2.29. The Hall–Kier alpha value is -2.24. The second-order valence-corrected chi connectivity index (χ2v) is 3.85. The van der Waals surface area contributed by atoms with E-state index in [2.05, 4.69) is 22.6 Å². The molecule has 0 aromatic carbocycles. The fourth-order valence-corrected chi connectivity index (χ4v) is 1.28. The minimum absolute atomic E-state index is 0.0863. The molecule has 0 N–H and O–H groups in total. The lowest BCUT2D eigenvalue weighted by molar-refractivity contribution is -0.140. The van der Waals surface area contributed by atoms with Crippen LogP contribution in [-0.4, -0.2) is 36.7 Å². The van der Waals surface area contributed by atoms with Crippen LogP contribution in [0.3, 0.4) is 0 Å². The molecule has 0 spiro atoms. The molecular weight excluding hydrogens is 264 g/mol. The zero-order chi connectivity index (χ0) is 15.9. The molecule has 0 aliphatic rings. The van der Waals surface area contributed by atoms with Gasteiger partial charge in [0.15, 0.2) is 11.6 Å². The van der Waals surface area contributed by atoms with E-state index in [0.29, 0.717) is 0 Å². The van der Waals surface area contributed by atoms with Gasteiger partial charge in [-0.3, -0.25) is 9.59 Å². The molecule has 6 nitrogen and oxygen atoms in total. The van der Waals surface area contributed by atoms with E-state index in [1.54, 1.807) is 13.8 Å². The summed E-state index contributed by atoms with van der Waals surface area (Å²) in [6.07, 6.45) is 0. The third-order valence-corrected chi connectivity index (χ3v) is 2.43. The molecule has 0 atom stereocenters. The Kier molecular flexibility index (Phi) is 7.14. The Morgan fingerprint density at radius 1 is 0.850 bits per heavy atom. The average Bonchev–Trinajstić information content (AvgIpc) is 2.43. The fourth-order valence-electron chi connectivity index (χ4n) is 1.28. The van der Waals surface area contributed by atoms with Crippen molar-refractivity contribution in [3.8, 4) is 0 Å². The van der Waals surface area contributed by atoms with Crippen molar-refractivity contribution in [2.45, 2.75) is 20.8 Å². The number of esters is 2. The lowest BCUT2D eigenvalue weighted by atomic mass is 9.92. The summed E-state index contributed by atoms with van der Waals surface area (Å²) in [6.45, 7) is 11.2. The van der Waals surface area contributed by atoms with Crippen molar-refractivity contribution in [2.75, 3.05) is 13.2 Å². The van der Waals surface area contributed by atoms with E-state index >= 15 is 0 Å². The lowest BCUT2D eigenvalue weighted by Gasteiger charge is -2.11. The Balaban J connectivity index is 4.85. The maximum Gasteiger partial charge on any atom is 0.341 e. The van der Waals surface area contributed by atoms with Gasteiger partial charge in [0.05, 0.1) is 30.3 Å². The molecule has 0 unspecified atom stereocenters. The number of hydrogen-bond donors (Lipinski definition) is 0. The first-order chi connectivity index (χ1) is 9.27. The smallest absolute Gasteiger partial charge is 0.341 e. The maximum atomic E-state index is 11.9. The van der Waals surface area contributed by atoms with Gasteiger partial charge in [-0.05, 0) is 20.8 Å². The van der Waals surface area contributed by atoms with E-state index in [0.717, 1.165) is 0 Å². The predicted octanol–water partition coefficient (Wildman–Crippen LogP) is 0.999. The van der Waals surface area contributed by atoms with Gasteiger partial charge in [-0.25, -0.2) is 9.59 Å². The summed E-state index contributed by atoms with van der Waals surface area (Å²) in [5.41, 5.74) is -0.881. The number of ether oxygens (including phenoxy) is 2. The highest BCUT2D eigenvalue weighted by Crippen LogP contribution is 2.13. The molecule has 20 heavy (non-hydrogen) atoms. The first kappa shape index (κ1) is 17.8. The zero-order valence-corrected chi connectivity index (χ0v) is 11.9. The molecule has 0 amide bonds. The molecule has 0 aromatic rings. The van der Waals surface area contributed by atoms with Gasteiger partial charge in [0, 0.05) is 0 Å². The van der Waals surface area contributed by atoms with Crippen LogP contribution in [0.1, 0.15) is 20.8 Å². The molecule has 0 fully saturated rings.